The molecule has 0 nitrogen and oxygen atoms in total. The van der Waals surface area contributed by atoms with Crippen molar-refractivity contribution < 1.29 is 22.0 Å². The third-order valence-corrected chi connectivity index (χ3v) is 3.40. The summed E-state index contributed by atoms with van der Waals surface area (Å²) in [6, 6.07) is 9.91. The summed E-state index contributed by atoms with van der Waals surface area (Å²) in [4.78, 5) is 0. The average Bonchev–Trinajstić information content (AvgIpc) is 2.44. The van der Waals surface area contributed by atoms with Crippen molar-refractivity contribution in [3.63, 3.8) is 0 Å². The monoisotopic (exact) mass is 326 g/mol. The Morgan fingerprint density at radius 3 is 1.91 bits per heavy atom. The summed E-state index contributed by atoms with van der Waals surface area (Å²) in [6.07, 6.45) is -3.38. The predicted molar refractivity (Wildman–Crippen MR) is 80.0 cm³/mol. The van der Waals surface area contributed by atoms with Gasteiger partial charge in [0.2, 0.25) is 0 Å². The molecule has 5 heteroatoms. The van der Waals surface area contributed by atoms with Crippen LogP contribution in [0.2, 0.25) is 0 Å². The molecular weight excluding hydrogens is 311 g/mol. The smallest absolute Gasteiger partial charge is 0.206 e. The molecule has 0 spiro atoms. The summed E-state index contributed by atoms with van der Waals surface area (Å²) in [7, 11) is 0. The molecule has 0 unspecified atom stereocenters. The Morgan fingerprint density at radius 1 is 0.870 bits per heavy atom. The fourth-order valence-electron chi connectivity index (χ4n) is 2.16. The molecule has 0 aliphatic rings. The Bertz CT molecular complexity index is 673. The average molecular weight is 326 g/mol. The van der Waals surface area contributed by atoms with Crippen LogP contribution in [-0.2, 0) is 12.8 Å². The third kappa shape index (κ3) is 5.20. The van der Waals surface area contributed by atoms with Crippen molar-refractivity contribution in [2.75, 3.05) is 0 Å². The van der Waals surface area contributed by atoms with Crippen LogP contribution in [-0.4, -0.2) is 6.18 Å². The van der Waals surface area contributed by atoms with Gasteiger partial charge >= 0.3 is 6.18 Å². The van der Waals surface area contributed by atoms with E-state index in [1.165, 1.54) is 0 Å². The number of rotatable bonds is 4. The van der Waals surface area contributed by atoms with Crippen LogP contribution in [0.3, 0.4) is 0 Å². The zero-order valence-corrected chi connectivity index (χ0v) is 12.4. The third-order valence-electron chi connectivity index (χ3n) is 3.40. The Labute approximate surface area is 131 Å². The molecule has 2 rings (SSSR count). The number of hydrogen-bond acceptors (Lipinski definition) is 0. The van der Waals surface area contributed by atoms with E-state index in [2.05, 4.69) is 0 Å². The first-order valence-corrected chi connectivity index (χ1v) is 7.04. The minimum absolute atomic E-state index is 0.180. The van der Waals surface area contributed by atoms with E-state index in [0.29, 0.717) is 24.5 Å². The van der Waals surface area contributed by atoms with E-state index in [4.69, 9.17) is 0 Å². The molecule has 0 heterocycles. The van der Waals surface area contributed by atoms with E-state index in [0.717, 1.165) is 23.3 Å². The highest BCUT2D eigenvalue weighted by atomic mass is 19.4. The maximum absolute atomic E-state index is 13.8. The molecular formula is C18H15F5. The van der Waals surface area contributed by atoms with Gasteiger partial charge in [0.25, 0.3) is 0 Å². The van der Waals surface area contributed by atoms with Crippen LogP contribution < -0.4 is 0 Å². The second-order valence-corrected chi connectivity index (χ2v) is 5.33. The first kappa shape index (κ1) is 17.2. The van der Waals surface area contributed by atoms with Crippen molar-refractivity contribution in [2.24, 2.45) is 0 Å². The normalized spacial score (nSPS) is 12.1. The van der Waals surface area contributed by atoms with Crippen molar-refractivity contribution in [3.8, 4) is 0 Å². The molecule has 0 saturated heterocycles. The highest BCUT2D eigenvalue weighted by molar-refractivity contribution is 5.52. The Balaban J connectivity index is 2.13. The summed E-state index contributed by atoms with van der Waals surface area (Å²) >= 11 is 0. The molecule has 0 bridgehead atoms. The van der Waals surface area contributed by atoms with Gasteiger partial charge in [0.15, 0.2) is 0 Å². The van der Waals surface area contributed by atoms with Crippen LogP contribution in [0.1, 0.15) is 22.3 Å². The van der Waals surface area contributed by atoms with Gasteiger partial charge in [0.05, 0.1) is 0 Å². The highest BCUT2D eigenvalue weighted by Gasteiger charge is 2.22. The maximum Gasteiger partial charge on any atom is 0.409 e. The van der Waals surface area contributed by atoms with Crippen LogP contribution in [0.4, 0.5) is 22.0 Å². The predicted octanol–water partition coefficient (Wildman–Crippen LogP) is 5.63. The molecule has 2 aromatic rings. The maximum atomic E-state index is 13.8. The van der Waals surface area contributed by atoms with E-state index in [9.17, 15) is 22.0 Å². The molecule has 2 aromatic carbocycles. The second kappa shape index (κ2) is 6.94. The van der Waals surface area contributed by atoms with Crippen molar-refractivity contribution in [1.29, 1.82) is 0 Å². The fourth-order valence-corrected chi connectivity index (χ4v) is 2.16. The Morgan fingerprint density at radius 2 is 1.39 bits per heavy atom. The van der Waals surface area contributed by atoms with Gasteiger partial charge in [-0.25, -0.2) is 8.78 Å². The van der Waals surface area contributed by atoms with Crippen molar-refractivity contribution >= 4 is 6.08 Å². The zero-order chi connectivity index (χ0) is 17.0. The standard InChI is InChI=1S/C18H15F5/c1-12-2-4-13(5-3-12)6-7-14-10-16(19)15(17(20)11-14)8-9-18(21,22)23/h2-5,8-11H,6-7H2,1H3/b9-8+. The van der Waals surface area contributed by atoms with Gasteiger partial charge in [-0.15, -0.1) is 0 Å². The second-order valence-electron chi connectivity index (χ2n) is 5.33. The summed E-state index contributed by atoms with van der Waals surface area (Å²) in [6.45, 7) is 1.96. The molecule has 0 N–H and O–H groups in total. The Hall–Kier alpha value is -2.17. The largest absolute Gasteiger partial charge is 0.409 e. The molecule has 0 aromatic heterocycles. The summed E-state index contributed by atoms with van der Waals surface area (Å²) < 4.78 is 63.9. The van der Waals surface area contributed by atoms with E-state index in [1.54, 1.807) is 0 Å². The minimum atomic E-state index is -4.61. The number of hydrogen-bond donors (Lipinski definition) is 0. The number of benzene rings is 2. The van der Waals surface area contributed by atoms with Crippen LogP contribution in [0, 0.1) is 18.6 Å². The number of allylic oxidation sites excluding steroid dienone is 1. The molecule has 0 saturated carbocycles. The highest BCUT2D eigenvalue weighted by Crippen LogP contribution is 2.22. The summed E-state index contributed by atoms with van der Waals surface area (Å²) in [5.41, 5.74) is 1.87. The van der Waals surface area contributed by atoms with E-state index in [-0.39, 0.29) is 6.08 Å². The number of halogens is 5. The molecule has 122 valence electrons. The lowest BCUT2D eigenvalue weighted by atomic mass is 10.0. The van der Waals surface area contributed by atoms with E-state index < -0.39 is 23.4 Å². The lowest BCUT2D eigenvalue weighted by molar-refractivity contribution is -0.0790. The lowest BCUT2D eigenvalue weighted by Gasteiger charge is -2.07. The first-order valence-electron chi connectivity index (χ1n) is 7.04. The first-order chi connectivity index (χ1) is 10.7. The van der Waals surface area contributed by atoms with Gasteiger partial charge < -0.3 is 0 Å². The lowest BCUT2D eigenvalue weighted by Crippen LogP contribution is -2.02. The van der Waals surface area contributed by atoms with Crippen LogP contribution >= 0.6 is 0 Å². The molecule has 0 aliphatic carbocycles. The molecule has 23 heavy (non-hydrogen) atoms. The van der Waals surface area contributed by atoms with Gasteiger partial charge in [-0.1, -0.05) is 29.8 Å². The quantitative estimate of drug-likeness (QED) is 0.638. The molecule has 0 aliphatic heterocycles. The molecule has 0 amide bonds. The van der Waals surface area contributed by atoms with Gasteiger partial charge in [-0.05, 0) is 49.1 Å². The van der Waals surface area contributed by atoms with Crippen LogP contribution in [0.5, 0.6) is 0 Å². The number of aryl methyl sites for hydroxylation is 3. The fraction of sp³-hybridized carbons (Fsp3) is 0.222. The van der Waals surface area contributed by atoms with Gasteiger partial charge in [0.1, 0.15) is 11.6 Å². The van der Waals surface area contributed by atoms with Crippen LogP contribution in [0.15, 0.2) is 42.5 Å². The van der Waals surface area contributed by atoms with Gasteiger partial charge in [0, 0.05) is 11.6 Å². The summed E-state index contributed by atoms with van der Waals surface area (Å²) in [5.74, 6) is -1.99. The minimum Gasteiger partial charge on any atom is -0.206 e. The van der Waals surface area contributed by atoms with Crippen molar-refractivity contribution in [2.45, 2.75) is 25.9 Å². The summed E-state index contributed by atoms with van der Waals surface area (Å²) in [5, 5.41) is 0. The van der Waals surface area contributed by atoms with E-state index in [1.807, 2.05) is 31.2 Å². The van der Waals surface area contributed by atoms with Gasteiger partial charge in [-0.3, -0.25) is 0 Å². The topological polar surface area (TPSA) is 0 Å². The molecule has 0 atom stereocenters. The van der Waals surface area contributed by atoms with Crippen LogP contribution in [0.25, 0.3) is 6.08 Å². The molecule has 0 radical (unpaired) electrons. The SMILES string of the molecule is Cc1ccc(CCc2cc(F)c(/C=C/C(F)(F)F)c(F)c2)cc1. The van der Waals surface area contributed by atoms with Crippen molar-refractivity contribution in [1.82, 2.24) is 0 Å². The van der Waals surface area contributed by atoms with E-state index >= 15 is 0 Å². The van der Waals surface area contributed by atoms with Gasteiger partial charge in [-0.2, -0.15) is 13.2 Å². The zero-order valence-electron chi connectivity index (χ0n) is 12.4. The van der Waals surface area contributed by atoms with Crippen molar-refractivity contribution in [3.05, 3.63) is 76.4 Å². The Kier molecular flexibility index (Phi) is 5.19. The number of alkyl halides is 3. The molecule has 0 fully saturated rings.